The zero-order chi connectivity index (χ0) is 15.8. The molecule has 2 aromatic heterocycles. The molecule has 122 valence electrons. The van der Waals surface area contributed by atoms with E-state index < -0.39 is 0 Å². The van der Waals surface area contributed by atoms with Crippen molar-refractivity contribution in [2.24, 2.45) is 5.92 Å². The van der Waals surface area contributed by atoms with Crippen LogP contribution in [0.15, 0.2) is 23.7 Å². The average Bonchev–Trinajstić information content (AvgIpc) is 3.13. The topological polar surface area (TPSA) is 38.1 Å². The largest absolute Gasteiger partial charge is 0.338 e. The van der Waals surface area contributed by atoms with Crippen LogP contribution in [0.1, 0.15) is 52.8 Å². The number of likely N-dealkylation sites (tertiary alicyclic amines) is 1. The fourth-order valence-electron chi connectivity index (χ4n) is 3.60. The third kappa shape index (κ3) is 3.07. The fraction of sp³-hybridized carbons (Fsp3) is 0.556. The first-order valence-electron chi connectivity index (χ1n) is 8.57. The highest BCUT2D eigenvalue weighted by Crippen LogP contribution is 2.40. The summed E-state index contributed by atoms with van der Waals surface area (Å²) in [6.45, 7) is 4.92. The molecule has 1 saturated heterocycles. The maximum absolute atomic E-state index is 12.6. The minimum Gasteiger partial charge on any atom is -0.338 e. The molecule has 1 amide bonds. The standard InChI is InChI=1S/C18H23N3OS/c1-13-10-19-17(15-6-7-15)21(13)12-14-4-2-8-20(11-14)18(22)16-5-3-9-23-16/h3,5,9-10,14-15H,2,4,6-8,11-12H2,1H3. The molecular weight excluding hydrogens is 306 g/mol. The Bertz CT molecular complexity index is 687. The molecule has 0 spiro atoms. The lowest BCUT2D eigenvalue weighted by Crippen LogP contribution is -2.41. The molecular formula is C18H23N3OS. The summed E-state index contributed by atoms with van der Waals surface area (Å²) in [6, 6.07) is 3.89. The van der Waals surface area contributed by atoms with E-state index in [0.29, 0.717) is 11.8 Å². The number of aryl methyl sites for hydroxylation is 1. The average molecular weight is 329 g/mol. The van der Waals surface area contributed by atoms with Gasteiger partial charge in [0.05, 0.1) is 4.88 Å². The Balaban J connectivity index is 1.46. The van der Waals surface area contributed by atoms with Gasteiger partial charge in [-0.05, 0) is 50.0 Å². The summed E-state index contributed by atoms with van der Waals surface area (Å²) in [7, 11) is 0. The van der Waals surface area contributed by atoms with Crippen LogP contribution in [0.3, 0.4) is 0 Å². The molecule has 5 heteroatoms. The number of nitrogens with zero attached hydrogens (tertiary/aromatic N) is 3. The van der Waals surface area contributed by atoms with E-state index >= 15 is 0 Å². The van der Waals surface area contributed by atoms with Gasteiger partial charge in [0.2, 0.25) is 0 Å². The molecule has 1 atom stereocenters. The number of carbonyl (C=O) groups is 1. The lowest BCUT2D eigenvalue weighted by atomic mass is 9.97. The Morgan fingerprint density at radius 3 is 3.00 bits per heavy atom. The van der Waals surface area contributed by atoms with E-state index in [4.69, 9.17) is 0 Å². The Kier molecular flexibility index (Phi) is 3.97. The quantitative estimate of drug-likeness (QED) is 0.858. The molecule has 3 heterocycles. The van der Waals surface area contributed by atoms with Gasteiger partial charge in [-0.25, -0.2) is 4.98 Å². The van der Waals surface area contributed by atoms with Crippen LogP contribution in [0.4, 0.5) is 0 Å². The van der Waals surface area contributed by atoms with Crippen molar-refractivity contribution in [2.45, 2.75) is 45.1 Å². The molecule has 1 aliphatic carbocycles. The summed E-state index contributed by atoms with van der Waals surface area (Å²) in [5.74, 6) is 2.69. The summed E-state index contributed by atoms with van der Waals surface area (Å²) in [4.78, 5) is 20.1. The number of piperidine rings is 1. The first-order chi connectivity index (χ1) is 11.2. The Hall–Kier alpha value is -1.62. The SMILES string of the molecule is Cc1cnc(C2CC2)n1CC1CCCN(C(=O)c2cccs2)C1. The summed E-state index contributed by atoms with van der Waals surface area (Å²) in [5, 5.41) is 1.98. The number of hydrogen-bond acceptors (Lipinski definition) is 3. The second kappa shape index (κ2) is 6.11. The Morgan fingerprint density at radius 2 is 2.26 bits per heavy atom. The van der Waals surface area contributed by atoms with Crippen molar-refractivity contribution in [1.29, 1.82) is 0 Å². The van der Waals surface area contributed by atoms with Gasteiger partial charge in [-0.3, -0.25) is 4.79 Å². The van der Waals surface area contributed by atoms with Crippen molar-refractivity contribution in [1.82, 2.24) is 14.5 Å². The summed E-state index contributed by atoms with van der Waals surface area (Å²) in [5.41, 5.74) is 1.26. The minimum absolute atomic E-state index is 0.203. The van der Waals surface area contributed by atoms with Gasteiger partial charge in [-0.15, -0.1) is 11.3 Å². The first kappa shape index (κ1) is 14.9. The number of aromatic nitrogens is 2. The van der Waals surface area contributed by atoms with E-state index in [1.54, 1.807) is 11.3 Å². The van der Waals surface area contributed by atoms with Crippen LogP contribution in [0.25, 0.3) is 0 Å². The van der Waals surface area contributed by atoms with E-state index in [2.05, 4.69) is 16.5 Å². The molecule has 0 N–H and O–H groups in total. The van der Waals surface area contributed by atoms with Crippen molar-refractivity contribution in [3.05, 3.63) is 40.1 Å². The van der Waals surface area contributed by atoms with Crippen LogP contribution in [0.2, 0.25) is 0 Å². The highest BCUT2D eigenvalue weighted by atomic mass is 32.1. The molecule has 1 saturated carbocycles. The number of carbonyl (C=O) groups excluding carboxylic acids is 1. The second-order valence-electron chi connectivity index (χ2n) is 6.88. The van der Waals surface area contributed by atoms with E-state index in [1.807, 2.05) is 28.6 Å². The van der Waals surface area contributed by atoms with Crippen LogP contribution in [0, 0.1) is 12.8 Å². The molecule has 4 rings (SSSR count). The Morgan fingerprint density at radius 1 is 1.39 bits per heavy atom. The van der Waals surface area contributed by atoms with Gasteiger partial charge < -0.3 is 9.47 Å². The van der Waals surface area contributed by atoms with E-state index in [9.17, 15) is 4.79 Å². The maximum Gasteiger partial charge on any atom is 0.263 e. The number of hydrogen-bond donors (Lipinski definition) is 0. The monoisotopic (exact) mass is 329 g/mol. The summed E-state index contributed by atoms with van der Waals surface area (Å²) < 4.78 is 2.40. The van der Waals surface area contributed by atoms with Crippen LogP contribution in [0.5, 0.6) is 0 Å². The zero-order valence-electron chi connectivity index (χ0n) is 13.6. The van der Waals surface area contributed by atoms with Gasteiger partial charge in [-0.1, -0.05) is 6.07 Å². The van der Waals surface area contributed by atoms with Crippen molar-refractivity contribution < 1.29 is 4.79 Å². The third-order valence-electron chi connectivity index (χ3n) is 5.01. The highest BCUT2D eigenvalue weighted by Gasteiger charge is 2.31. The summed E-state index contributed by atoms with van der Waals surface area (Å²) in [6.07, 6.45) is 6.88. The molecule has 0 aromatic carbocycles. The van der Waals surface area contributed by atoms with Gasteiger partial charge in [0.15, 0.2) is 0 Å². The normalized spacial score (nSPS) is 21.6. The smallest absolute Gasteiger partial charge is 0.263 e. The third-order valence-corrected chi connectivity index (χ3v) is 5.87. The lowest BCUT2D eigenvalue weighted by molar-refractivity contribution is 0.0666. The van der Waals surface area contributed by atoms with E-state index in [1.165, 1.54) is 30.8 Å². The number of imidazole rings is 1. The molecule has 1 aliphatic heterocycles. The molecule has 0 bridgehead atoms. The van der Waals surface area contributed by atoms with Crippen molar-refractivity contribution in [2.75, 3.05) is 13.1 Å². The van der Waals surface area contributed by atoms with Crippen molar-refractivity contribution >= 4 is 17.2 Å². The maximum atomic E-state index is 12.6. The number of thiophene rings is 1. The molecule has 0 radical (unpaired) electrons. The lowest BCUT2D eigenvalue weighted by Gasteiger charge is -2.33. The number of rotatable bonds is 4. The Labute approximate surface area is 141 Å². The van der Waals surface area contributed by atoms with Gasteiger partial charge >= 0.3 is 0 Å². The minimum atomic E-state index is 0.203. The van der Waals surface area contributed by atoms with Crippen molar-refractivity contribution in [3.63, 3.8) is 0 Å². The molecule has 1 unspecified atom stereocenters. The van der Waals surface area contributed by atoms with Gasteiger partial charge in [-0.2, -0.15) is 0 Å². The number of amides is 1. The predicted molar refractivity (Wildman–Crippen MR) is 91.9 cm³/mol. The van der Waals surface area contributed by atoms with Gasteiger partial charge in [0.25, 0.3) is 5.91 Å². The molecule has 23 heavy (non-hydrogen) atoms. The predicted octanol–water partition coefficient (Wildman–Crippen LogP) is 3.68. The van der Waals surface area contributed by atoms with E-state index in [-0.39, 0.29) is 5.91 Å². The summed E-state index contributed by atoms with van der Waals surface area (Å²) >= 11 is 1.54. The molecule has 4 nitrogen and oxygen atoms in total. The first-order valence-corrected chi connectivity index (χ1v) is 9.45. The van der Waals surface area contributed by atoms with Gasteiger partial charge in [0, 0.05) is 37.4 Å². The van der Waals surface area contributed by atoms with Crippen LogP contribution in [-0.2, 0) is 6.54 Å². The molecule has 2 aromatic rings. The van der Waals surface area contributed by atoms with E-state index in [0.717, 1.165) is 30.9 Å². The second-order valence-corrected chi connectivity index (χ2v) is 7.83. The van der Waals surface area contributed by atoms with Crippen LogP contribution < -0.4 is 0 Å². The molecule has 2 fully saturated rings. The van der Waals surface area contributed by atoms with Crippen LogP contribution >= 0.6 is 11.3 Å². The fourth-order valence-corrected chi connectivity index (χ4v) is 4.29. The molecule has 2 aliphatic rings. The van der Waals surface area contributed by atoms with Crippen LogP contribution in [-0.4, -0.2) is 33.4 Å². The zero-order valence-corrected chi connectivity index (χ0v) is 14.4. The van der Waals surface area contributed by atoms with Gasteiger partial charge in [0.1, 0.15) is 5.82 Å². The van der Waals surface area contributed by atoms with Crippen molar-refractivity contribution in [3.8, 4) is 0 Å². The highest BCUT2D eigenvalue weighted by molar-refractivity contribution is 7.12.